The summed E-state index contributed by atoms with van der Waals surface area (Å²) in [6.45, 7) is 3.45. The maximum atomic E-state index is 10.4. The molecule has 0 aromatic heterocycles. The lowest BCUT2D eigenvalue weighted by molar-refractivity contribution is 0.158. The lowest BCUT2D eigenvalue weighted by Gasteiger charge is -2.44. The first-order valence-corrected chi connectivity index (χ1v) is 9.22. The highest BCUT2D eigenvalue weighted by Gasteiger charge is 2.31. The first-order valence-electron chi connectivity index (χ1n) is 6.91. The predicted octanol–water partition coefficient (Wildman–Crippen LogP) is 2.11. The van der Waals surface area contributed by atoms with Crippen molar-refractivity contribution in [1.29, 1.82) is 0 Å². The highest BCUT2D eigenvalue weighted by Crippen LogP contribution is 2.52. The van der Waals surface area contributed by atoms with Crippen molar-refractivity contribution >= 4 is 10.0 Å². The Hall–Kier alpha value is 0.270. The van der Waals surface area contributed by atoms with Crippen LogP contribution in [-0.2, 0) is 0 Å². The number of rotatable bonds is 4. The van der Waals surface area contributed by atoms with Crippen LogP contribution in [0.15, 0.2) is 0 Å². The van der Waals surface area contributed by atoms with Crippen LogP contribution in [0.1, 0.15) is 39.0 Å². The summed E-state index contributed by atoms with van der Waals surface area (Å²) in [5.74, 6) is 5.29. The van der Waals surface area contributed by atoms with Gasteiger partial charge in [0.2, 0.25) is 0 Å². The fraction of sp³-hybridized carbons (Fsp3) is 1.00. The molecule has 2 rings (SSSR count). The lowest BCUT2D eigenvalue weighted by Crippen LogP contribution is -2.40. The topological polar surface area (TPSA) is 32.3 Å². The number of aliphatic hydroxyl groups excluding tert-OH is 1. The highest BCUT2D eigenvalue weighted by atomic mass is 32.3. The first-order chi connectivity index (χ1) is 7.76. The minimum atomic E-state index is -0.462. The van der Waals surface area contributed by atoms with Gasteiger partial charge in [-0.15, -0.1) is 0 Å². The number of nitrogens with one attached hydrogen (secondary N) is 1. The van der Waals surface area contributed by atoms with Crippen LogP contribution in [0.3, 0.4) is 0 Å². The van der Waals surface area contributed by atoms with Gasteiger partial charge in [-0.3, -0.25) is 0 Å². The second-order valence-electron chi connectivity index (χ2n) is 5.42. The summed E-state index contributed by atoms with van der Waals surface area (Å²) in [6, 6.07) is 0.401. The molecule has 16 heavy (non-hydrogen) atoms. The van der Waals surface area contributed by atoms with E-state index in [1.807, 2.05) is 0 Å². The molecule has 2 atom stereocenters. The SMILES string of the molecule is CCS1(C[C@@H](O)[C@@H]2CCCN2)CCCCC1. The summed E-state index contributed by atoms with van der Waals surface area (Å²) < 4.78 is 0. The summed E-state index contributed by atoms with van der Waals surface area (Å²) >= 11 is 0. The number of hydrogen-bond acceptors (Lipinski definition) is 2. The summed E-state index contributed by atoms with van der Waals surface area (Å²) in [7, 11) is -0.462. The summed E-state index contributed by atoms with van der Waals surface area (Å²) in [6.07, 6.45) is 6.60. The fourth-order valence-corrected chi connectivity index (χ4v) is 7.13. The van der Waals surface area contributed by atoms with Gasteiger partial charge in [-0.2, -0.15) is 0 Å². The van der Waals surface area contributed by atoms with Crippen molar-refractivity contribution < 1.29 is 5.11 Å². The van der Waals surface area contributed by atoms with Gasteiger partial charge in [-0.05, 0) is 49.5 Å². The number of hydrogen-bond donors (Lipinski definition) is 2. The van der Waals surface area contributed by atoms with E-state index in [4.69, 9.17) is 0 Å². The normalized spacial score (nSPS) is 33.5. The molecule has 0 aromatic carbocycles. The van der Waals surface area contributed by atoms with Gasteiger partial charge in [0.15, 0.2) is 0 Å². The van der Waals surface area contributed by atoms with Crippen molar-refractivity contribution in [3.8, 4) is 0 Å². The monoisotopic (exact) mass is 245 g/mol. The lowest BCUT2D eigenvalue weighted by atomic mass is 10.1. The van der Waals surface area contributed by atoms with Gasteiger partial charge in [0.05, 0.1) is 6.10 Å². The van der Waals surface area contributed by atoms with Gasteiger partial charge in [0.1, 0.15) is 0 Å². The smallest absolute Gasteiger partial charge is 0.0768 e. The second kappa shape index (κ2) is 5.74. The molecule has 2 N–H and O–H groups in total. The Bertz CT molecular complexity index is 210. The van der Waals surface area contributed by atoms with Gasteiger partial charge in [0.25, 0.3) is 0 Å². The van der Waals surface area contributed by atoms with Gasteiger partial charge in [0, 0.05) is 11.8 Å². The fourth-order valence-electron chi connectivity index (χ4n) is 3.19. The van der Waals surface area contributed by atoms with Crippen molar-refractivity contribution in [2.24, 2.45) is 0 Å². The van der Waals surface area contributed by atoms with Gasteiger partial charge < -0.3 is 10.4 Å². The molecule has 2 nitrogen and oxygen atoms in total. The van der Waals surface area contributed by atoms with E-state index in [1.165, 1.54) is 49.4 Å². The quantitative estimate of drug-likeness (QED) is 0.795. The molecule has 2 saturated heterocycles. The minimum absolute atomic E-state index is 0.0736. The van der Waals surface area contributed by atoms with Crippen LogP contribution in [0, 0.1) is 0 Å². The van der Waals surface area contributed by atoms with E-state index in [9.17, 15) is 5.11 Å². The van der Waals surface area contributed by atoms with Crippen LogP contribution in [-0.4, -0.2) is 46.8 Å². The Morgan fingerprint density at radius 3 is 2.56 bits per heavy atom. The molecule has 0 radical (unpaired) electrons. The summed E-state index contributed by atoms with van der Waals surface area (Å²) in [5.41, 5.74) is 0. The standard InChI is InChI=1S/C13H27NOS/c1-2-16(9-4-3-5-10-16)11-13(15)12-7-6-8-14-12/h12-15H,2-11H2,1H3/t12-,13+/m0/s1. The van der Waals surface area contributed by atoms with Crippen molar-refractivity contribution in [3.05, 3.63) is 0 Å². The second-order valence-corrected chi connectivity index (χ2v) is 9.60. The van der Waals surface area contributed by atoms with Crippen LogP contribution in [0.2, 0.25) is 0 Å². The van der Waals surface area contributed by atoms with E-state index in [1.54, 1.807) is 0 Å². The van der Waals surface area contributed by atoms with E-state index < -0.39 is 10.0 Å². The Morgan fingerprint density at radius 1 is 1.25 bits per heavy atom. The molecule has 96 valence electrons. The van der Waals surface area contributed by atoms with E-state index in [0.717, 1.165) is 12.3 Å². The molecular weight excluding hydrogens is 218 g/mol. The third-order valence-corrected chi connectivity index (χ3v) is 8.94. The van der Waals surface area contributed by atoms with Crippen molar-refractivity contribution in [2.45, 2.75) is 51.2 Å². The molecule has 0 bridgehead atoms. The van der Waals surface area contributed by atoms with Crippen molar-refractivity contribution in [2.75, 3.05) is 29.6 Å². The molecule has 0 saturated carbocycles. The Labute approximate surface area is 102 Å². The summed E-state index contributed by atoms with van der Waals surface area (Å²) in [5, 5.41) is 13.8. The molecule has 2 aliphatic heterocycles. The minimum Gasteiger partial charge on any atom is -0.391 e. The number of aliphatic hydroxyl groups is 1. The third-order valence-electron chi connectivity index (χ3n) is 4.35. The molecule has 0 aromatic rings. The van der Waals surface area contributed by atoms with E-state index >= 15 is 0 Å². The Morgan fingerprint density at radius 2 is 2.00 bits per heavy atom. The highest BCUT2D eigenvalue weighted by molar-refractivity contribution is 8.33. The zero-order chi connectivity index (χ0) is 11.4. The van der Waals surface area contributed by atoms with Crippen LogP contribution in [0.5, 0.6) is 0 Å². The average Bonchev–Trinajstić information content (AvgIpc) is 2.84. The Balaban J connectivity index is 1.89. The molecule has 2 aliphatic rings. The van der Waals surface area contributed by atoms with Crippen molar-refractivity contribution in [3.63, 3.8) is 0 Å². The van der Waals surface area contributed by atoms with E-state index in [2.05, 4.69) is 12.2 Å². The molecule has 0 spiro atoms. The molecule has 2 heterocycles. The van der Waals surface area contributed by atoms with Gasteiger partial charge in [-0.25, -0.2) is 10.0 Å². The average molecular weight is 245 g/mol. The zero-order valence-corrected chi connectivity index (χ0v) is 11.4. The molecular formula is C13H27NOS. The molecule has 2 fully saturated rings. The Kier molecular flexibility index (Phi) is 4.57. The van der Waals surface area contributed by atoms with E-state index in [0.29, 0.717) is 6.04 Å². The van der Waals surface area contributed by atoms with E-state index in [-0.39, 0.29) is 6.10 Å². The van der Waals surface area contributed by atoms with Crippen LogP contribution in [0.4, 0.5) is 0 Å². The van der Waals surface area contributed by atoms with Crippen molar-refractivity contribution in [1.82, 2.24) is 5.32 Å². The molecule has 0 aliphatic carbocycles. The molecule has 3 heteroatoms. The predicted molar refractivity (Wildman–Crippen MR) is 73.6 cm³/mol. The van der Waals surface area contributed by atoms with Gasteiger partial charge >= 0.3 is 0 Å². The van der Waals surface area contributed by atoms with Crippen LogP contribution < -0.4 is 5.32 Å². The molecule has 0 unspecified atom stereocenters. The van der Waals surface area contributed by atoms with Crippen LogP contribution in [0.25, 0.3) is 0 Å². The maximum Gasteiger partial charge on any atom is 0.0768 e. The molecule has 0 amide bonds. The zero-order valence-electron chi connectivity index (χ0n) is 10.6. The third kappa shape index (κ3) is 2.93. The maximum absolute atomic E-state index is 10.4. The first kappa shape index (κ1) is 12.7. The summed E-state index contributed by atoms with van der Waals surface area (Å²) in [4.78, 5) is 0. The largest absolute Gasteiger partial charge is 0.391 e. The van der Waals surface area contributed by atoms with Crippen LogP contribution >= 0.6 is 10.0 Å². The van der Waals surface area contributed by atoms with Gasteiger partial charge in [-0.1, -0.05) is 13.3 Å².